The van der Waals surface area contributed by atoms with Gasteiger partial charge in [-0.15, -0.1) is 0 Å². The van der Waals surface area contributed by atoms with Crippen molar-refractivity contribution in [2.45, 2.75) is 20.8 Å². The third-order valence-electron chi connectivity index (χ3n) is 2.50. The molecule has 0 aliphatic heterocycles. The van der Waals surface area contributed by atoms with Crippen LogP contribution in [0.15, 0.2) is 24.3 Å². The molecule has 0 heterocycles. The molecule has 4 nitrogen and oxygen atoms in total. The molecule has 1 aromatic carbocycles. The van der Waals surface area contributed by atoms with Gasteiger partial charge in [-0.2, -0.15) is 0 Å². The van der Waals surface area contributed by atoms with Crippen molar-refractivity contribution in [3.05, 3.63) is 29.8 Å². The third-order valence-corrected chi connectivity index (χ3v) is 2.50. The van der Waals surface area contributed by atoms with E-state index in [-0.39, 0.29) is 12.4 Å². The maximum Gasteiger partial charge on any atom is 0.342 e. The number of carbonyl (C=O) groups is 2. The SMILES string of the molecule is COc1ccccc1C(=O)OCC(=O)C(C)(C)C. The Hall–Kier alpha value is -1.84. The fourth-order valence-corrected chi connectivity index (χ4v) is 1.24. The number of para-hydroxylation sites is 1. The van der Waals surface area contributed by atoms with Crippen LogP contribution in [0.3, 0.4) is 0 Å². The van der Waals surface area contributed by atoms with E-state index in [2.05, 4.69) is 0 Å². The zero-order valence-electron chi connectivity index (χ0n) is 11.1. The molecule has 0 aromatic heterocycles. The molecule has 0 N–H and O–H groups in total. The van der Waals surface area contributed by atoms with Crippen LogP contribution in [0.25, 0.3) is 0 Å². The summed E-state index contributed by atoms with van der Waals surface area (Å²) in [7, 11) is 1.48. The summed E-state index contributed by atoms with van der Waals surface area (Å²) in [5.41, 5.74) is -0.192. The second-order valence-corrected chi connectivity index (χ2v) is 4.95. The highest BCUT2D eigenvalue weighted by molar-refractivity contribution is 5.94. The van der Waals surface area contributed by atoms with Gasteiger partial charge in [0.15, 0.2) is 12.4 Å². The van der Waals surface area contributed by atoms with E-state index >= 15 is 0 Å². The quantitative estimate of drug-likeness (QED) is 0.770. The van der Waals surface area contributed by atoms with E-state index in [1.807, 2.05) is 0 Å². The molecular formula is C14H18O4. The molecule has 98 valence electrons. The van der Waals surface area contributed by atoms with Crippen LogP contribution >= 0.6 is 0 Å². The Morgan fingerprint density at radius 2 is 1.78 bits per heavy atom. The number of esters is 1. The molecule has 0 atom stereocenters. The first-order valence-corrected chi connectivity index (χ1v) is 5.69. The van der Waals surface area contributed by atoms with E-state index in [0.29, 0.717) is 11.3 Å². The minimum atomic E-state index is -0.551. The normalized spacial score (nSPS) is 10.9. The molecule has 1 rings (SSSR count). The number of hydrogen-bond acceptors (Lipinski definition) is 4. The molecule has 0 saturated carbocycles. The van der Waals surface area contributed by atoms with Gasteiger partial charge in [-0.05, 0) is 12.1 Å². The van der Waals surface area contributed by atoms with E-state index in [9.17, 15) is 9.59 Å². The summed E-state index contributed by atoms with van der Waals surface area (Å²) in [5, 5.41) is 0. The number of hydrogen-bond donors (Lipinski definition) is 0. The van der Waals surface area contributed by atoms with Crippen molar-refractivity contribution in [3.63, 3.8) is 0 Å². The highest BCUT2D eigenvalue weighted by Gasteiger charge is 2.23. The lowest BCUT2D eigenvalue weighted by atomic mass is 9.91. The molecule has 0 saturated heterocycles. The van der Waals surface area contributed by atoms with E-state index in [1.54, 1.807) is 45.0 Å². The highest BCUT2D eigenvalue weighted by Crippen LogP contribution is 2.19. The molecule has 0 unspecified atom stereocenters. The van der Waals surface area contributed by atoms with Crippen LogP contribution in [0, 0.1) is 5.41 Å². The second kappa shape index (κ2) is 5.67. The van der Waals surface area contributed by atoms with Gasteiger partial charge in [0.05, 0.1) is 7.11 Å². The lowest BCUT2D eigenvalue weighted by Gasteiger charge is -2.16. The molecular weight excluding hydrogens is 232 g/mol. The van der Waals surface area contributed by atoms with Crippen molar-refractivity contribution in [2.75, 3.05) is 13.7 Å². The molecule has 1 aromatic rings. The summed E-state index contributed by atoms with van der Waals surface area (Å²) in [5.74, 6) is -0.235. The molecule has 0 radical (unpaired) electrons. The van der Waals surface area contributed by atoms with E-state index in [0.717, 1.165) is 0 Å². The van der Waals surface area contributed by atoms with Crippen molar-refractivity contribution in [1.29, 1.82) is 0 Å². The van der Waals surface area contributed by atoms with Crippen LogP contribution in [0.4, 0.5) is 0 Å². The van der Waals surface area contributed by atoms with E-state index < -0.39 is 11.4 Å². The Morgan fingerprint density at radius 3 is 2.33 bits per heavy atom. The van der Waals surface area contributed by atoms with Crippen LogP contribution in [-0.2, 0) is 9.53 Å². The third kappa shape index (κ3) is 3.58. The predicted molar refractivity (Wildman–Crippen MR) is 67.7 cm³/mol. The smallest absolute Gasteiger partial charge is 0.342 e. The first-order valence-electron chi connectivity index (χ1n) is 5.69. The maximum absolute atomic E-state index is 11.8. The zero-order chi connectivity index (χ0) is 13.8. The predicted octanol–water partition coefficient (Wildman–Crippen LogP) is 2.47. The van der Waals surface area contributed by atoms with Crippen LogP contribution in [0.2, 0.25) is 0 Å². The van der Waals surface area contributed by atoms with Crippen LogP contribution < -0.4 is 4.74 Å². The van der Waals surface area contributed by atoms with Crippen LogP contribution in [0.1, 0.15) is 31.1 Å². The number of Topliss-reactive ketones (excluding diaryl/α,β-unsaturated/α-hetero) is 1. The standard InChI is InChI=1S/C14H18O4/c1-14(2,3)12(15)9-18-13(16)10-7-5-6-8-11(10)17-4/h5-8H,9H2,1-4H3. The zero-order valence-corrected chi connectivity index (χ0v) is 11.1. The van der Waals surface area contributed by atoms with Crippen molar-refractivity contribution >= 4 is 11.8 Å². The lowest BCUT2D eigenvalue weighted by molar-refractivity contribution is -0.129. The number of methoxy groups -OCH3 is 1. The lowest BCUT2D eigenvalue weighted by Crippen LogP contribution is -2.26. The molecule has 0 fully saturated rings. The average Bonchev–Trinajstić information content (AvgIpc) is 2.34. The minimum absolute atomic E-state index is 0.120. The first kappa shape index (κ1) is 14.2. The largest absolute Gasteiger partial charge is 0.496 e. The monoisotopic (exact) mass is 250 g/mol. The minimum Gasteiger partial charge on any atom is -0.496 e. The summed E-state index contributed by atoms with van der Waals surface area (Å²) in [4.78, 5) is 23.4. The Bertz CT molecular complexity index is 443. The first-order chi connectivity index (χ1) is 8.36. The fourth-order valence-electron chi connectivity index (χ4n) is 1.24. The summed E-state index contributed by atoms with van der Waals surface area (Å²) in [6.07, 6.45) is 0. The van der Waals surface area contributed by atoms with E-state index in [4.69, 9.17) is 9.47 Å². The van der Waals surface area contributed by atoms with Crippen LogP contribution in [0.5, 0.6) is 5.75 Å². The molecule has 18 heavy (non-hydrogen) atoms. The Labute approximate surface area is 107 Å². The number of ketones is 1. The van der Waals surface area contributed by atoms with Crippen molar-refractivity contribution < 1.29 is 19.1 Å². The number of carbonyl (C=O) groups excluding carboxylic acids is 2. The van der Waals surface area contributed by atoms with Gasteiger partial charge in [-0.1, -0.05) is 32.9 Å². The van der Waals surface area contributed by atoms with Gasteiger partial charge >= 0.3 is 5.97 Å². The van der Waals surface area contributed by atoms with Gasteiger partial charge < -0.3 is 9.47 Å². The summed E-state index contributed by atoms with van der Waals surface area (Å²) in [6.45, 7) is 5.13. The van der Waals surface area contributed by atoms with Crippen molar-refractivity contribution in [2.24, 2.45) is 5.41 Å². The van der Waals surface area contributed by atoms with Gasteiger partial charge in [0.25, 0.3) is 0 Å². The number of rotatable bonds is 4. The van der Waals surface area contributed by atoms with E-state index in [1.165, 1.54) is 7.11 Å². The summed E-state index contributed by atoms with van der Waals surface area (Å²) >= 11 is 0. The molecule has 0 spiro atoms. The Kier molecular flexibility index (Phi) is 4.48. The molecule has 0 amide bonds. The average molecular weight is 250 g/mol. The van der Waals surface area contributed by atoms with Crippen molar-refractivity contribution in [3.8, 4) is 5.75 Å². The fraction of sp³-hybridized carbons (Fsp3) is 0.429. The molecule has 0 bridgehead atoms. The Balaban J connectivity index is 2.69. The Morgan fingerprint density at radius 1 is 1.17 bits per heavy atom. The van der Waals surface area contributed by atoms with Gasteiger partial charge in [-0.3, -0.25) is 4.79 Å². The van der Waals surface area contributed by atoms with Gasteiger partial charge in [0.2, 0.25) is 0 Å². The number of ether oxygens (including phenoxy) is 2. The molecule has 0 aliphatic carbocycles. The van der Waals surface area contributed by atoms with Crippen LogP contribution in [-0.4, -0.2) is 25.5 Å². The van der Waals surface area contributed by atoms with Gasteiger partial charge in [-0.25, -0.2) is 4.79 Å². The highest BCUT2D eigenvalue weighted by atomic mass is 16.5. The summed E-state index contributed by atoms with van der Waals surface area (Å²) in [6, 6.07) is 6.74. The maximum atomic E-state index is 11.8. The van der Waals surface area contributed by atoms with Crippen molar-refractivity contribution in [1.82, 2.24) is 0 Å². The van der Waals surface area contributed by atoms with Gasteiger partial charge in [0, 0.05) is 5.41 Å². The summed E-state index contributed by atoms with van der Waals surface area (Å²) < 4.78 is 10.0. The second-order valence-electron chi connectivity index (χ2n) is 4.95. The molecule has 0 aliphatic rings. The number of benzene rings is 1. The molecule has 4 heteroatoms. The topological polar surface area (TPSA) is 52.6 Å². The van der Waals surface area contributed by atoms with Gasteiger partial charge in [0.1, 0.15) is 11.3 Å².